The lowest BCUT2D eigenvalue weighted by atomic mass is 10.1. The number of nitro benzene ring substituents is 1. The molecule has 0 radical (unpaired) electrons. The molecular formula is C17H24N6O3. The van der Waals surface area contributed by atoms with Gasteiger partial charge in [-0.2, -0.15) is 5.10 Å². The van der Waals surface area contributed by atoms with Crippen molar-refractivity contribution in [3.05, 3.63) is 51.3 Å². The number of anilines is 1. The number of non-ortho nitro benzene ring substituents is 1. The van der Waals surface area contributed by atoms with Crippen LogP contribution in [0.1, 0.15) is 17.0 Å². The van der Waals surface area contributed by atoms with E-state index in [1.807, 2.05) is 25.6 Å². The summed E-state index contributed by atoms with van der Waals surface area (Å²) in [6.45, 7) is 5.47. The fourth-order valence-corrected chi connectivity index (χ4v) is 2.63. The van der Waals surface area contributed by atoms with Gasteiger partial charge in [0.25, 0.3) is 5.69 Å². The lowest BCUT2D eigenvalue weighted by molar-refractivity contribution is -0.384. The summed E-state index contributed by atoms with van der Waals surface area (Å²) >= 11 is 0. The number of nitrogens with zero attached hydrogens (tertiary/aromatic N) is 3. The highest BCUT2D eigenvalue weighted by molar-refractivity contribution is 5.73. The number of aromatic nitrogens is 2. The molecule has 0 unspecified atom stereocenters. The molecule has 0 atom stereocenters. The van der Waals surface area contributed by atoms with Gasteiger partial charge in [-0.3, -0.25) is 14.8 Å². The summed E-state index contributed by atoms with van der Waals surface area (Å²) in [5.41, 5.74) is 4.07. The molecule has 9 heteroatoms. The van der Waals surface area contributed by atoms with E-state index >= 15 is 0 Å². The van der Waals surface area contributed by atoms with Crippen LogP contribution in [0.25, 0.3) is 0 Å². The number of carbonyl (C=O) groups is 1. The van der Waals surface area contributed by atoms with Crippen LogP contribution in [-0.2, 0) is 13.5 Å². The van der Waals surface area contributed by atoms with Crippen LogP contribution in [0.4, 0.5) is 16.2 Å². The number of hydrogen-bond acceptors (Lipinski definition) is 5. The Morgan fingerprint density at radius 3 is 2.38 bits per heavy atom. The third kappa shape index (κ3) is 5.20. The van der Waals surface area contributed by atoms with Crippen molar-refractivity contribution in [3.63, 3.8) is 0 Å². The second kappa shape index (κ2) is 8.84. The number of benzene rings is 1. The van der Waals surface area contributed by atoms with Crippen molar-refractivity contribution in [1.29, 1.82) is 0 Å². The minimum Gasteiger partial charge on any atom is -0.383 e. The van der Waals surface area contributed by atoms with E-state index in [1.54, 1.807) is 12.1 Å². The maximum absolute atomic E-state index is 11.8. The Hall–Kier alpha value is -3.10. The fraction of sp³-hybridized carbons (Fsp3) is 0.412. The predicted octanol–water partition coefficient (Wildman–Crippen LogP) is 1.90. The molecule has 0 spiro atoms. The van der Waals surface area contributed by atoms with Crippen molar-refractivity contribution < 1.29 is 9.72 Å². The molecular weight excluding hydrogens is 336 g/mol. The van der Waals surface area contributed by atoms with Crippen LogP contribution in [-0.4, -0.2) is 40.4 Å². The van der Waals surface area contributed by atoms with Gasteiger partial charge in [-0.1, -0.05) is 0 Å². The van der Waals surface area contributed by atoms with Gasteiger partial charge in [0, 0.05) is 50.2 Å². The quantitative estimate of drug-likeness (QED) is 0.378. The normalized spacial score (nSPS) is 10.4. The maximum Gasteiger partial charge on any atom is 0.314 e. The molecule has 0 saturated carbocycles. The smallest absolute Gasteiger partial charge is 0.314 e. The zero-order valence-corrected chi connectivity index (χ0v) is 15.2. The highest BCUT2D eigenvalue weighted by atomic mass is 16.6. The number of nitro groups is 1. The molecule has 1 aromatic carbocycles. The van der Waals surface area contributed by atoms with E-state index in [1.165, 1.54) is 12.1 Å². The van der Waals surface area contributed by atoms with Crippen molar-refractivity contribution in [3.8, 4) is 0 Å². The molecule has 3 N–H and O–H groups in total. The van der Waals surface area contributed by atoms with Crippen LogP contribution in [0, 0.1) is 24.0 Å². The highest BCUT2D eigenvalue weighted by Gasteiger charge is 2.09. The second-order valence-electron chi connectivity index (χ2n) is 5.94. The molecule has 0 aliphatic rings. The Kier molecular flexibility index (Phi) is 6.54. The number of rotatable bonds is 8. The van der Waals surface area contributed by atoms with Gasteiger partial charge in [-0.15, -0.1) is 0 Å². The summed E-state index contributed by atoms with van der Waals surface area (Å²) in [7, 11) is 1.91. The van der Waals surface area contributed by atoms with Gasteiger partial charge in [0.2, 0.25) is 0 Å². The molecule has 2 aromatic rings. The first-order chi connectivity index (χ1) is 12.4. The number of carbonyl (C=O) groups excluding carboxylic acids is 1. The third-order valence-corrected chi connectivity index (χ3v) is 4.14. The van der Waals surface area contributed by atoms with E-state index in [4.69, 9.17) is 0 Å². The van der Waals surface area contributed by atoms with Crippen molar-refractivity contribution in [2.75, 3.05) is 25.0 Å². The number of hydrogen-bond donors (Lipinski definition) is 3. The standard InChI is InChI=1S/C17H24N6O3/c1-12-16(13(2)22(3)21-12)8-9-19-17(24)20-11-10-18-14-4-6-15(7-5-14)23(25)26/h4-7,18H,8-11H2,1-3H3,(H2,19,20,24). The SMILES string of the molecule is Cc1nn(C)c(C)c1CCNC(=O)NCCNc1ccc([N+](=O)[O-])cc1. The number of aryl methyl sites for hydroxylation is 2. The molecule has 26 heavy (non-hydrogen) atoms. The summed E-state index contributed by atoms with van der Waals surface area (Å²) in [5, 5.41) is 23.6. The van der Waals surface area contributed by atoms with E-state index in [0.29, 0.717) is 19.6 Å². The molecule has 0 aliphatic carbocycles. The van der Waals surface area contributed by atoms with Crippen LogP contribution in [0.5, 0.6) is 0 Å². The van der Waals surface area contributed by atoms with Gasteiger partial charge < -0.3 is 16.0 Å². The van der Waals surface area contributed by atoms with E-state index in [-0.39, 0.29) is 11.7 Å². The summed E-state index contributed by atoms with van der Waals surface area (Å²) < 4.78 is 1.84. The monoisotopic (exact) mass is 360 g/mol. The molecule has 1 heterocycles. The van der Waals surface area contributed by atoms with Gasteiger partial charge in [-0.25, -0.2) is 4.79 Å². The Bertz CT molecular complexity index is 770. The van der Waals surface area contributed by atoms with E-state index in [0.717, 1.165) is 29.1 Å². The van der Waals surface area contributed by atoms with Gasteiger partial charge in [0.05, 0.1) is 10.6 Å². The third-order valence-electron chi connectivity index (χ3n) is 4.14. The molecule has 140 valence electrons. The second-order valence-corrected chi connectivity index (χ2v) is 5.94. The first kappa shape index (κ1) is 19.2. The molecule has 0 saturated heterocycles. The predicted molar refractivity (Wildman–Crippen MR) is 99.4 cm³/mol. The van der Waals surface area contributed by atoms with Gasteiger partial charge in [-0.05, 0) is 38.0 Å². The Balaban J connectivity index is 1.63. The lowest BCUT2D eigenvalue weighted by Gasteiger charge is -2.09. The first-order valence-electron chi connectivity index (χ1n) is 8.37. The number of nitrogens with one attached hydrogen (secondary N) is 3. The van der Waals surface area contributed by atoms with Crippen LogP contribution in [0.3, 0.4) is 0 Å². The highest BCUT2D eigenvalue weighted by Crippen LogP contribution is 2.15. The molecule has 0 bridgehead atoms. The van der Waals surface area contributed by atoms with Crippen LogP contribution in [0.2, 0.25) is 0 Å². The molecule has 9 nitrogen and oxygen atoms in total. The average Bonchev–Trinajstić information content (AvgIpc) is 2.85. The van der Waals surface area contributed by atoms with Gasteiger partial charge >= 0.3 is 6.03 Å². The minimum atomic E-state index is -0.440. The Labute approximate surface area is 151 Å². The molecule has 0 aliphatic heterocycles. The van der Waals surface area contributed by atoms with Crippen LogP contribution < -0.4 is 16.0 Å². The van der Waals surface area contributed by atoms with Crippen LogP contribution in [0.15, 0.2) is 24.3 Å². The summed E-state index contributed by atoms with van der Waals surface area (Å²) in [6, 6.07) is 5.92. The Morgan fingerprint density at radius 2 is 1.81 bits per heavy atom. The number of amides is 2. The average molecular weight is 360 g/mol. The van der Waals surface area contributed by atoms with Crippen molar-refractivity contribution in [2.24, 2.45) is 7.05 Å². The first-order valence-corrected chi connectivity index (χ1v) is 8.37. The number of urea groups is 1. The molecule has 1 aromatic heterocycles. The summed E-state index contributed by atoms with van der Waals surface area (Å²) in [4.78, 5) is 21.9. The zero-order valence-electron chi connectivity index (χ0n) is 15.2. The summed E-state index contributed by atoms with van der Waals surface area (Å²) in [5.74, 6) is 0. The van der Waals surface area contributed by atoms with Crippen molar-refractivity contribution >= 4 is 17.4 Å². The lowest BCUT2D eigenvalue weighted by Crippen LogP contribution is -2.38. The van der Waals surface area contributed by atoms with Crippen molar-refractivity contribution in [1.82, 2.24) is 20.4 Å². The molecule has 2 rings (SSSR count). The van der Waals surface area contributed by atoms with E-state index in [2.05, 4.69) is 21.0 Å². The van der Waals surface area contributed by atoms with E-state index in [9.17, 15) is 14.9 Å². The largest absolute Gasteiger partial charge is 0.383 e. The maximum atomic E-state index is 11.8. The van der Waals surface area contributed by atoms with Crippen LogP contribution >= 0.6 is 0 Å². The topological polar surface area (TPSA) is 114 Å². The zero-order chi connectivity index (χ0) is 19.1. The van der Waals surface area contributed by atoms with Gasteiger partial charge in [0.15, 0.2) is 0 Å². The Morgan fingerprint density at radius 1 is 1.15 bits per heavy atom. The molecule has 2 amide bonds. The van der Waals surface area contributed by atoms with E-state index < -0.39 is 4.92 Å². The fourth-order valence-electron chi connectivity index (χ4n) is 2.63. The molecule has 0 fully saturated rings. The van der Waals surface area contributed by atoms with Gasteiger partial charge in [0.1, 0.15) is 0 Å². The summed E-state index contributed by atoms with van der Waals surface area (Å²) in [6.07, 6.45) is 0.736. The minimum absolute atomic E-state index is 0.0483. The van der Waals surface area contributed by atoms with Crippen molar-refractivity contribution in [2.45, 2.75) is 20.3 Å².